The molecule has 1 unspecified atom stereocenters. The number of hydrogen-bond donors (Lipinski definition) is 2. The first-order valence-electron chi connectivity index (χ1n) is 5.28. The molecule has 6 heteroatoms. The van der Waals surface area contributed by atoms with Crippen LogP contribution in [-0.2, 0) is 16.1 Å². The minimum absolute atomic E-state index is 0.277. The summed E-state index contributed by atoms with van der Waals surface area (Å²) in [4.78, 5) is 22.0. The summed E-state index contributed by atoms with van der Waals surface area (Å²) < 4.78 is 5.86. The zero-order valence-corrected chi connectivity index (χ0v) is 11.7. The van der Waals surface area contributed by atoms with E-state index >= 15 is 0 Å². The number of ether oxygens (including phenoxy) is 1. The lowest BCUT2D eigenvalue weighted by molar-refractivity contribution is -0.146. The quantitative estimate of drug-likeness (QED) is 0.812. The number of rotatable bonds is 5. The maximum atomic E-state index is 11.4. The van der Waals surface area contributed by atoms with E-state index in [1.807, 2.05) is 6.07 Å². The molecule has 1 amide bonds. The van der Waals surface area contributed by atoms with Gasteiger partial charge in [-0.05, 0) is 40.5 Å². The highest BCUT2D eigenvalue weighted by atomic mass is 79.9. The molecule has 1 atom stereocenters. The van der Waals surface area contributed by atoms with Crippen LogP contribution in [0.2, 0.25) is 0 Å². The van der Waals surface area contributed by atoms with Crippen LogP contribution in [0.25, 0.3) is 0 Å². The first-order valence-corrected chi connectivity index (χ1v) is 6.08. The van der Waals surface area contributed by atoms with Gasteiger partial charge in [0.1, 0.15) is 11.7 Å². The van der Waals surface area contributed by atoms with Gasteiger partial charge in [0.25, 0.3) is 0 Å². The van der Waals surface area contributed by atoms with E-state index in [9.17, 15) is 9.59 Å². The van der Waals surface area contributed by atoms with E-state index in [4.69, 9.17) is 9.84 Å². The van der Waals surface area contributed by atoms with E-state index in [0.717, 1.165) is 10.0 Å². The van der Waals surface area contributed by atoms with Crippen molar-refractivity contribution in [3.63, 3.8) is 0 Å². The molecule has 0 heterocycles. The Balaban J connectivity index is 2.61. The lowest BCUT2D eigenvalue weighted by atomic mass is 10.1. The normalized spacial score (nSPS) is 11.7. The maximum Gasteiger partial charge on any atom is 0.315 e. The highest BCUT2D eigenvalue weighted by Crippen LogP contribution is 2.25. The van der Waals surface area contributed by atoms with Crippen LogP contribution in [-0.4, -0.2) is 24.1 Å². The third kappa shape index (κ3) is 3.73. The molecule has 2 N–H and O–H groups in total. The maximum absolute atomic E-state index is 11.4. The highest BCUT2D eigenvalue weighted by Gasteiger charge is 2.19. The second-order valence-electron chi connectivity index (χ2n) is 3.75. The van der Waals surface area contributed by atoms with Crippen LogP contribution in [0.3, 0.4) is 0 Å². The van der Waals surface area contributed by atoms with Crippen molar-refractivity contribution < 1.29 is 19.4 Å². The molecule has 98 valence electrons. The number of aliphatic carboxylic acids is 1. The molecule has 0 spiro atoms. The number of methoxy groups -OCH3 is 1. The van der Waals surface area contributed by atoms with Crippen molar-refractivity contribution in [2.75, 3.05) is 7.11 Å². The average Bonchev–Trinajstić information content (AvgIpc) is 2.35. The Labute approximate surface area is 113 Å². The Morgan fingerprint density at radius 2 is 2.17 bits per heavy atom. The summed E-state index contributed by atoms with van der Waals surface area (Å²) in [5, 5.41) is 11.2. The topological polar surface area (TPSA) is 75.6 Å². The monoisotopic (exact) mass is 315 g/mol. The molecular formula is C12H14BrNO4. The number of hydrogen-bond acceptors (Lipinski definition) is 3. The van der Waals surface area contributed by atoms with Crippen LogP contribution in [0.4, 0.5) is 0 Å². The van der Waals surface area contributed by atoms with Gasteiger partial charge in [-0.1, -0.05) is 6.07 Å². The van der Waals surface area contributed by atoms with Gasteiger partial charge >= 0.3 is 5.97 Å². The largest absolute Gasteiger partial charge is 0.496 e. The van der Waals surface area contributed by atoms with Crippen LogP contribution in [0.1, 0.15) is 12.5 Å². The van der Waals surface area contributed by atoms with Crippen molar-refractivity contribution in [3.05, 3.63) is 28.2 Å². The van der Waals surface area contributed by atoms with Gasteiger partial charge < -0.3 is 15.2 Å². The SMILES string of the molecule is COc1ccc(CNC(=O)C(C)C(=O)O)cc1Br. The van der Waals surface area contributed by atoms with Gasteiger partial charge in [-0.3, -0.25) is 9.59 Å². The summed E-state index contributed by atoms with van der Waals surface area (Å²) in [6.07, 6.45) is 0. The molecule has 1 aromatic carbocycles. The number of amides is 1. The summed E-state index contributed by atoms with van der Waals surface area (Å²) in [5.41, 5.74) is 0.855. The second-order valence-corrected chi connectivity index (χ2v) is 4.60. The van der Waals surface area contributed by atoms with Crippen molar-refractivity contribution in [2.24, 2.45) is 5.92 Å². The van der Waals surface area contributed by atoms with Crippen LogP contribution in [0.5, 0.6) is 5.75 Å². The molecule has 0 saturated carbocycles. The number of benzene rings is 1. The molecule has 0 fully saturated rings. The third-order valence-corrected chi connectivity index (χ3v) is 3.07. The number of carboxylic acid groups (broad SMARTS) is 1. The van der Waals surface area contributed by atoms with Crippen molar-refractivity contribution >= 4 is 27.8 Å². The molecule has 0 bridgehead atoms. The lowest BCUT2D eigenvalue weighted by Crippen LogP contribution is -2.33. The van der Waals surface area contributed by atoms with Gasteiger partial charge in [-0.15, -0.1) is 0 Å². The van der Waals surface area contributed by atoms with Gasteiger partial charge in [-0.25, -0.2) is 0 Å². The summed E-state index contributed by atoms with van der Waals surface area (Å²) in [6, 6.07) is 5.38. The van der Waals surface area contributed by atoms with Crippen LogP contribution in [0, 0.1) is 5.92 Å². The van der Waals surface area contributed by atoms with Gasteiger partial charge in [0.05, 0.1) is 11.6 Å². The average molecular weight is 316 g/mol. The fourth-order valence-corrected chi connectivity index (χ4v) is 1.86. The molecule has 0 radical (unpaired) electrons. The number of carboxylic acids is 1. The zero-order valence-electron chi connectivity index (χ0n) is 10.1. The first-order chi connectivity index (χ1) is 8.45. The predicted molar refractivity (Wildman–Crippen MR) is 69.3 cm³/mol. The Morgan fingerprint density at radius 3 is 2.67 bits per heavy atom. The van der Waals surface area contributed by atoms with Gasteiger partial charge in [0, 0.05) is 6.54 Å². The molecule has 0 aliphatic carbocycles. The van der Waals surface area contributed by atoms with Crippen LogP contribution >= 0.6 is 15.9 Å². The Bertz CT molecular complexity index is 461. The highest BCUT2D eigenvalue weighted by molar-refractivity contribution is 9.10. The molecule has 0 aromatic heterocycles. The van der Waals surface area contributed by atoms with E-state index in [2.05, 4.69) is 21.2 Å². The summed E-state index contributed by atoms with van der Waals surface area (Å²) in [5.74, 6) is -1.99. The van der Waals surface area contributed by atoms with Crippen molar-refractivity contribution in [1.82, 2.24) is 5.32 Å². The molecule has 0 aliphatic rings. The van der Waals surface area contributed by atoms with E-state index < -0.39 is 17.8 Å². The van der Waals surface area contributed by atoms with E-state index in [1.165, 1.54) is 6.92 Å². The fraction of sp³-hybridized carbons (Fsp3) is 0.333. The third-order valence-electron chi connectivity index (χ3n) is 2.45. The summed E-state index contributed by atoms with van der Waals surface area (Å²) >= 11 is 3.33. The Kier molecular flexibility index (Phi) is 5.15. The molecule has 18 heavy (non-hydrogen) atoms. The first kappa shape index (κ1) is 14.5. The summed E-state index contributed by atoms with van der Waals surface area (Å²) in [7, 11) is 1.57. The fourth-order valence-electron chi connectivity index (χ4n) is 1.27. The Hall–Kier alpha value is -1.56. The standard InChI is InChI=1S/C12H14BrNO4/c1-7(12(16)17)11(15)14-6-8-3-4-10(18-2)9(13)5-8/h3-5,7H,6H2,1-2H3,(H,14,15)(H,16,17). The molecular weight excluding hydrogens is 302 g/mol. The van der Waals surface area contributed by atoms with Gasteiger partial charge in [0.2, 0.25) is 5.91 Å². The molecule has 5 nitrogen and oxygen atoms in total. The molecule has 1 aromatic rings. The van der Waals surface area contributed by atoms with Crippen LogP contribution in [0.15, 0.2) is 22.7 Å². The van der Waals surface area contributed by atoms with Gasteiger partial charge in [0.15, 0.2) is 0 Å². The predicted octanol–water partition coefficient (Wildman–Crippen LogP) is 1.79. The molecule has 0 saturated heterocycles. The second kappa shape index (κ2) is 6.39. The number of halogens is 1. The number of carbonyl (C=O) groups is 2. The van der Waals surface area contributed by atoms with E-state index in [-0.39, 0.29) is 6.54 Å². The molecule has 0 aliphatic heterocycles. The minimum atomic E-state index is -1.14. The van der Waals surface area contributed by atoms with Gasteiger partial charge in [-0.2, -0.15) is 0 Å². The minimum Gasteiger partial charge on any atom is -0.496 e. The Morgan fingerprint density at radius 1 is 1.50 bits per heavy atom. The number of carbonyl (C=O) groups excluding carboxylic acids is 1. The smallest absolute Gasteiger partial charge is 0.315 e. The van der Waals surface area contributed by atoms with Crippen LogP contribution < -0.4 is 10.1 Å². The van der Waals surface area contributed by atoms with Crippen molar-refractivity contribution in [1.29, 1.82) is 0 Å². The van der Waals surface area contributed by atoms with E-state index in [1.54, 1.807) is 19.2 Å². The number of nitrogens with one attached hydrogen (secondary N) is 1. The molecule has 1 rings (SSSR count). The van der Waals surface area contributed by atoms with Crippen molar-refractivity contribution in [2.45, 2.75) is 13.5 Å². The summed E-state index contributed by atoms with van der Waals surface area (Å²) in [6.45, 7) is 1.63. The zero-order chi connectivity index (χ0) is 13.7. The van der Waals surface area contributed by atoms with Crippen molar-refractivity contribution in [3.8, 4) is 5.75 Å². The van der Waals surface area contributed by atoms with E-state index in [0.29, 0.717) is 5.75 Å². The lowest BCUT2D eigenvalue weighted by Gasteiger charge is -2.09.